The number of para-hydroxylation sites is 1. The summed E-state index contributed by atoms with van der Waals surface area (Å²) in [5.41, 5.74) is 1.39. The smallest absolute Gasteiger partial charge is 0.178 e. The lowest BCUT2D eigenvalue weighted by molar-refractivity contribution is 0.602. The average molecular weight is 282 g/mol. The monoisotopic (exact) mass is 282 g/mol. The van der Waals surface area contributed by atoms with Crippen molar-refractivity contribution in [1.29, 1.82) is 0 Å². The molecular weight excluding hydrogens is 268 g/mol. The van der Waals surface area contributed by atoms with Gasteiger partial charge in [0.25, 0.3) is 0 Å². The van der Waals surface area contributed by atoms with E-state index in [-0.39, 0.29) is 4.90 Å². The molecule has 0 saturated carbocycles. The standard InChI is InChI=1S/C12H14N2O2S2/c1-3-4-8-14-9-6-5-7-10(18(2,15)16)11(9)13-12(14)17/h3,5-7H,1,4,8H2,2H3,(H,13,17). The van der Waals surface area contributed by atoms with Crippen molar-refractivity contribution in [1.82, 2.24) is 9.55 Å². The zero-order chi connectivity index (χ0) is 13.3. The van der Waals surface area contributed by atoms with Gasteiger partial charge in [-0.15, -0.1) is 6.58 Å². The highest BCUT2D eigenvalue weighted by atomic mass is 32.2. The molecule has 0 radical (unpaired) electrons. The summed E-state index contributed by atoms with van der Waals surface area (Å²) in [5, 5.41) is 0. The summed E-state index contributed by atoms with van der Waals surface area (Å²) in [6.07, 6.45) is 3.78. The van der Waals surface area contributed by atoms with Crippen molar-refractivity contribution in [2.24, 2.45) is 0 Å². The summed E-state index contributed by atoms with van der Waals surface area (Å²) in [5.74, 6) is 0. The molecule has 0 saturated heterocycles. The maximum Gasteiger partial charge on any atom is 0.178 e. The molecule has 0 amide bonds. The van der Waals surface area contributed by atoms with E-state index >= 15 is 0 Å². The zero-order valence-corrected chi connectivity index (χ0v) is 11.6. The summed E-state index contributed by atoms with van der Waals surface area (Å²) in [7, 11) is -3.26. The Kier molecular flexibility index (Phi) is 3.41. The lowest BCUT2D eigenvalue weighted by Gasteiger charge is -2.03. The lowest BCUT2D eigenvalue weighted by atomic mass is 10.3. The molecule has 2 rings (SSSR count). The molecule has 6 heteroatoms. The van der Waals surface area contributed by atoms with Gasteiger partial charge in [0.2, 0.25) is 0 Å². The topological polar surface area (TPSA) is 54.9 Å². The number of benzene rings is 1. The third-order valence-electron chi connectivity index (χ3n) is 2.73. The Bertz CT molecular complexity index is 754. The van der Waals surface area contributed by atoms with E-state index in [9.17, 15) is 8.42 Å². The number of H-pyrrole nitrogens is 1. The number of aromatic nitrogens is 2. The van der Waals surface area contributed by atoms with Crippen LogP contribution < -0.4 is 0 Å². The Morgan fingerprint density at radius 2 is 2.22 bits per heavy atom. The molecule has 0 spiro atoms. The molecule has 2 aromatic rings. The predicted molar refractivity (Wildman–Crippen MR) is 75.0 cm³/mol. The van der Waals surface area contributed by atoms with E-state index in [2.05, 4.69) is 11.6 Å². The minimum atomic E-state index is -3.26. The van der Waals surface area contributed by atoms with Crippen LogP contribution in [-0.4, -0.2) is 24.2 Å². The van der Waals surface area contributed by atoms with Crippen molar-refractivity contribution >= 4 is 33.1 Å². The summed E-state index contributed by atoms with van der Waals surface area (Å²) in [6, 6.07) is 5.17. The van der Waals surface area contributed by atoms with E-state index in [1.54, 1.807) is 18.2 Å². The Hall–Kier alpha value is -1.40. The number of hydrogen-bond acceptors (Lipinski definition) is 3. The molecule has 1 aromatic carbocycles. The number of nitrogens with zero attached hydrogens (tertiary/aromatic N) is 1. The molecule has 96 valence electrons. The lowest BCUT2D eigenvalue weighted by Crippen LogP contribution is -1.99. The third kappa shape index (κ3) is 2.26. The van der Waals surface area contributed by atoms with Gasteiger partial charge in [0, 0.05) is 12.8 Å². The molecule has 0 aliphatic heterocycles. The first-order valence-electron chi connectivity index (χ1n) is 5.47. The summed E-state index contributed by atoms with van der Waals surface area (Å²) in [6.45, 7) is 4.36. The Morgan fingerprint density at radius 3 is 2.83 bits per heavy atom. The Morgan fingerprint density at radius 1 is 1.50 bits per heavy atom. The van der Waals surface area contributed by atoms with Crippen LogP contribution in [0.3, 0.4) is 0 Å². The van der Waals surface area contributed by atoms with Crippen molar-refractivity contribution in [2.75, 3.05) is 6.26 Å². The van der Waals surface area contributed by atoms with Gasteiger partial charge in [-0.05, 0) is 30.8 Å². The van der Waals surface area contributed by atoms with Crippen molar-refractivity contribution in [2.45, 2.75) is 17.9 Å². The quantitative estimate of drug-likeness (QED) is 0.693. The minimum Gasteiger partial charge on any atom is -0.329 e. The summed E-state index contributed by atoms with van der Waals surface area (Å²) >= 11 is 5.23. The number of allylic oxidation sites excluding steroid dienone is 1. The van der Waals surface area contributed by atoms with Crippen LogP contribution in [0.25, 0.3) is 11.0 Å². The molecule has 18 heavy (non-hydrogen) atoms. The van der Waals surface area contributed by atoms with Crippen LogP contribution >= 0.6 is 12.2 Å². The number of rotatable bonds is 4. The van der Waals surface area contributed by atoms with Gasteiger partial charge in [0.05, 0.1) is 15.9 Å². The maximum absolute atomic E-state index is 11.7. The van der Waals surface area contributed by atoms with Crippen LogP contribution in [0.15, 0.2) is 35.7 Å². The average Bonchev–Trinajstić information content (AvgIpc) is 2.60. The molecule has 1 aromatic heterocycles. The van der Waals surface area contributed by atoms with Gasteiger partial charge in [-0.25, -0.2) is 8.42 Å². The van der Waals surface area contributed by atoms with Gasteiger partial charge < -0.3 is 9.55 Å². The van der Waals surface area contributed by atoms with Gasteiger partial charge in [-0.1, -0.05) is 12.1 Å². The number of nitrogens with one attached hydrogen (secondary N) is 1. The predicted octanol–water partition coefficient (Wildman–Crippen LogP) is 2.68. The van der Waals surface area contributed by atoms with E-state index in [1.807, 2.05) is 10.6 Å². The SMILES string of the molecule is C=CCCn1c(=S)[nH]c2c(S(C)(=O)=O)cccc21. The fraction of sp³-hybridized carbons (Fsp3) is 0.250. The van der Waals surface area contributed by atoms with E-state index in [0.29, 0.717) is 16.8 Å². The number of hydrogen-bond donors (Lipinski definition) is 1. The fourth-order valence-corrected chi connectivity index (χ4v) is 3.05. The van der Waals surface area contributed by atoms with Gasteiger partial charge in [0.1, 0.15) is 0 Å². The zero-order valence-electron chi connectivity index (χ0n) is 10.0. The van der Waals surface area contributed by atoms with Gasteiger partial charge in [0.15, 0.2) is 14.6 Å². The Labute approximate surface area is 111 Å². The molecule has 1 N–H and O–H groups in total. The second-order valence-electron chi connectivity index (χ2n) is 4.08. The van der Waals surface area contributed by atoms with Crippen molar-refractivity contribution in [3.05, 3.63) is 35.6 Å². The fourth-order valence-electron chi connectivity index (χ4n) is 1.91. The molecular formula is C12H14N2O2S2. The van der Waals surface area contributed by atoms with Gasteiger partial charge in [-0.3, -0.25) is 0 Å². The number of sulfone groups is 1. The number of imidazole rings is 1. The van der Waals surface area contributed by atoms with Crippen LogP contribution in [0.1, 0.15) is 6.42 Å². The molecule has 0 unspecified atom stereocenters. The highest BCUT2D eigenvalue weighted by Gasteiger charge is 2.14. The molecule has 0 bridgehead atoms. The summed E-state index contributed by atoms with van der Waals surface area (Å²) in [4.78, 5) is 3.26. The van der Waals surface area contributed by atoms with Gasteiger partial charge >= 0.3 is 0 Å². The number of aryl methyl sites for hydroxylation is 1. The largest absolute Gasteiger partial charge is 0.329 e. The third-order valence-corrected chi connectivity index (χ3v) is 4.19. The van der Waals surface area contributed by atoms with Crippen molar-refractivity contribution in [3.63, 3.8) is 0 Å². The molecule has 0 fully saturated rings. The first-order chi connectivity index (χ1) is 8.45. The van der Waals surface area contributed by atoms with Gasteiger partial charge in [-0.2, -0.15) is 0 Å². The van der Waals surface area contributed by atoms with E-state index in [0.717, 1.165) is 11.9 Å². The molecule has 1 heterocycles. The normalized spacial score (nSPS) is 11.8. The number of fused-ring (bicyclic) bond motifs is 1. The first kappa shape index (κ1) is 13.0. The highest BCUT2D eigenvalue weighted by molar-refractivity contribution is 7.91. The highest BCUT2D eigenvalue weighted by Crippen LogP contribution is 2.22. The van der Waals surface area contributed by atoms with Crippen molar-refractivity contribution in [3.8, 4) is 0 Å². The van der Waals surface area contributed by atoms with E-state index in [4.69, 9.17) is 12.2 Å². The van der Waals surface area contributed by atoms with E-state index in [1.165, 1.54) is 6.26 Å². The van der Waals surface area contributed by atoms with E-state index < -0.39 is 9.84 Å². The Balaban J connectivity index is 2.75. The maximum atomic E-state index is 11.7. The molecule has 0 aliphatic carbocycles. The van der Waals surface area contributed by atoms with Crippen LogP contribution in [0, 0.1) is 4.77 Å². The molecule has 4 nitrogen and oxygen atoms in total. The van der Waals surface area contributed by atoms with Crippen LogP contribution in [0.4, 0.5) is 0 Å². The van der Waals surface area contributed by atoms with Crippen LogP contribution in [0.2, 0.25) is 0 Å². The first-order valence-corrected chi connectivity index (χ1v) is 7.77. The van der Waals surface area contributed by atoms with Crippen LogP contribution in [-0.2, 0) is 16.4 Å². The number of aromatic amines is 1. The second-order valence-corrected chi connectivity index (χ2v) is 6.45. The molecule has 0 atom stereocenters. The summed E-state index contributed by atoms with van der Waals surface area (Å²) < 4.78 is 25.8. The van der Waals surface area contributed by atoms with Crippen molar-refractivity contribution < 1.29 is 8.42 Å². The molecule has 0 aliphatic rings. The minimum absolute atomic E-state index is 0.281. The second kappa shape index (κ2) is 4.70. The van der Waals surface area contributed by atoms with Crippen LogP contribution in [0.5, 0.6) is 0 Å².